The number of hydrogen-bond donors (Lipinski definition) is 0. The first kappa shape index (κ1) is 14.0. The summed E-state index contributed by atoms with van der Waals surface area (Å²) < 4.78 is 65.4. The van der Waals surface area contributed by atoms with Gasteiger partial charge >= 0.3 is 0 Å². The molecule has 0 unspecified atom stereocenters. The third-order valence-corrected chi connectivity index (χ3v) is 2.70. The molecule has 1 aliphatic rings. The zero-order valence-electron chi connectivity index (χ0n) is 9.35. The summed E-state index contributed by atoms with van der Waals surface area (Å²) in [4.78, 5) is 34.2. The van der Waals surface area contributed by atoms with Crippen LogP contribution in [0.15, 0.2) is 12.2 Å². The fraction of sp³-hybridized carbons (Fsp3) is 0.0833. The number of rotatable bonds is 2. The lowest BCUT2D eigenvalue weighted by Crippen LogP contribution is -2.28. The van der Waals surface area contributed by atoms with Gasteiger partial charge in [0.15, 0.2) is 40.6 Å². The average Bonchev–Trinajstić information content (AvgIpc) is 2.73. The second-order valence-electron chi connectivity index (χ2n) is 3.88. The normalized spacial score (nSPS) is 15.2. The van der Waals surface area contributed by atoms with Crippen molar-refractivity contribution < 1.29 is 36.3 Å². The highest BCUT2D eigenvalue weighted by Crippen LogP contribution is 2.27. The molecule has 1 aliphatic carbocycles. The topological polar surface area (TPSA) is 51.2 Å². The number of benzene rings is 1. The maximum atomic E-state index is 13.4. The van der Waals surface area contributed by atoms with Crippen LogP contribution in [0.5, 0.6) is 0 Å². The van der Waals surface area contributed by atoms with E-state index in [0.29, 0.717) is 12.2 Å². The van der Waals surface area contributed by atoms with Crippen molar-refractivity contribution in [3.8, 4) is 0 Å². The molecule has 0 amide bonds. The third-order valence-electron chi connectivity index (χ3n) is 2.70. The molecule has 0 radical (unpaired) electrons. The molecule has 20 heavy (non-hydrogen) atoms. The Morgan fingerprint density at radius 2 is 1.10 bits per heavy atom. The largest absolute Gasteiger partial charge is 0.294 e. The van der Waals surface area contributed by atoms with E-state index in [-0.39, 0.29) is 0 Å². The zero-order valence-corrected chi connectivity index (χ0v) is 9.35. The molecule has 0 fully saturated rings. The fourth-order valence-corrected chi connectivity index (χ4v) is 1.72. The van der Waals surface area contributed by atoms with Crippen LogP contribution in [0.2, 0.25) is 0 Å². The zero-order chi connectivity index (χ0) is 15.2. The van der Waals surface area contributed by atoms with Gasteiger partial charge in [-0.2, -0.15) is 0 Å². The second kappa shape index (κ2) is 4.62. The molecule has 1 aromatic rings. The van der Waals surface area contributed by atoms with Crippen LogP contribution >= 0.6 is 0 Å². The summed E-state index contributed by atoms with van der Waals surface area (Å²) in [5.74, 6) is -17.9. The van der Waals surface area contributed by atoms with Gasteiger partial charge in [-0.05, 0) is 12.2 Å². The van der Waals surface area contributed by atoms with Crippen LogP contribution < -0.4 is 0 Å². The molecule has 0 saturated carbocycles. The van der Waals surface area contributed by atoms with Crippen molar-refractivity contribution in [3.05, 3.63) is 46.8 Å². The third kappa shape index (κ3) is 1.84. The number of carbonyl (C=O) groups is 3. The van der Waals surface area contributed by atoms with E-state index in [1.54, 1.807) is 0 Å². The van der Waals surface area contributed by atoms with Gasteiger partial charge in [0.25, 0.3) is 0 Å². The maximum Gasteiger partial charge on any atom is 0.200 e. The van der Waals surface area contributed by atoms with Crippen molar-refractivity contribution in [3.63, 3.8) is 0 Å². The van der Waals surface area contributed by atoms with Crippen molar-refractivity contribution >= 4 is 17.3 Å². The van der Waals surface area contributed by atoms with Gasteiger partial charge < -0.3 is 0 Å². The highest BCUT2D eigenvalue weighted by Gasteiger charge is 2.40. The minimum atomic E-state index is -2.43. The quantitative estimate of drug-likeness (QED) is 0.275. The average molecular weight is 290 g/mol. The van der Waals surface area contributed by atoms with E-state index >= 15 is 0 Å². The fourth-order valence-electron chi connectivity index (χ4n) is 1.72. The van der Waals surface area contributed by atoms with E-state index < -0.39 is 57.9 Å². The number of carbonyl (C=O) groups excluding carboxylic acids is 3. The molecule has 104 valence electrons. The number of allylic oxidation sites excluding steroid dienone is 2. The predicted molar refractivity (Wildman–Crippen MR) is 53.2 cm³/mol. The van der Waals surface area contributed by atoms with E-state index in [1.165, 1.54) is 0 Å². The van der Waals surface area contributed by atoms with Crippen LogP contribution in [0.3, 0.4) is 0 Å². The van der Waals surface area contributed by atoms with Crippen molar-refractivity contribution in [2.24, 2.45) is 5.92 Å². The summed E-state index contributed by atoms with van der Waals surface area (Å²) in [6.07, 6.45) is 1.38. The molecule has 0 aliphatic heterocycles. The molecular weight excluding hydrogens is 287 g/mol. The number of hydrogen-bond acceptors (Lipinski definition) is 3. The predicted octanol–water partition coefficient (Wildman–Crippen LogP) is 1.89. The molecule has 0 bridgehead atoms. The Balaban J connectivity index is 2.62. The highest BCUT2D eigenvalue weighted by atomic mass is 19.2. The molecular formula is C12H3F5O3. The molecule has 2 rings (SSSR count). The summed E-state index contributed by atoms with van der Waals surface area (Å²) in [7, 11) is 0. The minimum Gasteiger partial charge on any atom is -0.294 e. The Kier molecular flexibility index (Phi) is 3.24. The molecule has 1 aromatic carbocycles. The maximum absolute atomic E-state index is 13.4. The van der Waals surface area contributed by atoms with Crippen molar-refractivity contribution in [2.45, 2.75) is 0 Å². The Labute approximate surface area is 107 Å². The van der Waals surface area contributed by atoms with E-state index in [9.17, 15) is 36.3 Å². The SMILES string of the molecule is O=C1C=CC(=O)C1C(=O)c1c(F)c(F)c(F)c(F)c1F. The summed E-state index contributed by atoms with van der Waals surface area (Å²) in [5, 5.41) is 0. The summed E-state index contributed by atoms with van der Waals surface area (Å²) in [6, 6.07) is 0. The summed E-state index contributed by atoms with van der Waals surface area (Å²) >= 11 is 0. The van der Waals surface area contributed by atoms with Crippen LogP contribution in [0.1, 0.15) is 10.4 Å². The van der Waals surface area contributed by atoms with Gasteiger partial charge in [-0.3, -0.25) is 14.4 Å². The minimum absolute atomic E-state index is 0.691. The van der Waals surface area contributed by atoms with E-state index in [0.717, 1.165) is 0 Å². The van der Waals surface area contributed by atoms with Gasteiger partial charge in [0.2, 0.25) is 5.82 Å². The molecule has 0 heterocycles. The van der Waals surface area contributed by atoms with Crippen LogP contribution in [-0.2, 0) is 9.59 Å². The first-order chi connectivity index (χ1) is 9.27. The van der Waals surface area contributed by atoms with E-state index in [1.807, 2.05) is 0 Å². The molecule has 0 atom stereocenters. The highest BCUT2D eigenvalue weighted by molar-refractivity contribution is 6.33. The Morgan fingerprint density at radius 3 is 1.50 bits per heavy atom. The van der Waals surface area contributed by atoms with Crippen molar-refractivity contribution in [1.82, 2.24) is 0 Å². The van der Waals surface area contributed by atoms with Crippen molar-refractivity contribution in [1.29, 1.82) is 0 Å². The first-order valence-electron chi connectivity index (χ1n) is 5.08. The first-order valence-corrected chi connectivity index (χ1v) is 5.08. The van der Waals surface area contributed by atoms with Crippen LogP contribution in [-0.4, -0.2) is 17.3 Å². The van der Waals surface area contributed by atoms with Crippen LogP contribution in [0.4, 0.5) is 22.0 Å². The van der Waals surface area contributed by atoms with E-state index in [2.05, 4.69) is 0 Å². The smallest absolute Gasteiger partial charge is 0.200 e. The number of Topliss-reactive ketones (excluding diaryl/α,β-unsaturated/α-hetero) is 1. The Hall–Kier alpha value is -2.38. The van der Waals surface area contributed by atoms with Gasteiger partial charge in [0.05, 0.1) is 5.56 Å². The molecule has 0 saturated heterocycles. The summed E-state index contributed by atoms with van der Waals surface area (Å²) in [5.41, 5.74) is -1.79. The standard InChI is InChI=1S/C12H3F5O3/c13-7-6(8(14)10(16)11(17)9(7)15)12(20)5-3(18)1-2-4(5)19/h1-2,5H. The van der Waals surface area contributed by atoms with Gasteiger partial charge in [-0.1, -0.05) is 0 Å². The lowest BCUT2D eigenvalue weighted by atomic mass is 9.93. The van der Waals surface area contributed by atoms with Gasteiger partial charge in [-0.25, -0.2) is 22.0 Å². The Bertz CT molecular complexity index is 646. The molecule has 8 heteroatoms. The Morgan fingerprint density at radius 1 is 0.750 bits per heavy atom. The van der Waals surface area contributed by atoms with Gasteiger partial charge in [0.1, 0.15) is 5.92 Å². The molecule has 0 N–H and O–H groups in total. The van der Waals surface area contributed by atoms with Crippen LogP contribution in [0, 0.1) is 35.0 Å². The second-order valence-corrected chi connectivity index (χ2v) is 3.88. The van der Waals surface area contributed by atoms with Crippen LogP contribution in [0.25, 0.3) is 0 Å². The number of ketones is 3. The van der Waals surface area contributed by atoms with Gasteiger partial charge in [-0.15, -0.1) is 0 Å². The monoisotopic (exact) mass is 290 g/mol. The lowest BCUT2D eigenvalue weighted by molar-refractivity contribution is -0.123. The number of halogens is 5. The van der Waals surface area contributed by atoms with Gasteiger partial charge in [0, 0.05) is 0 Å². The summed E-state index contributed by atoms with van der Waals surface area (Å²) in [6.45, 7) is 0. The van der Waals surface area contributed by atoms with E-state index in [4.69, 9.17) is 0 Å². The molecule has 0 spiro atoms. The lowest BCUT2D eigenvalue weighted by Gasteiger charge is -2.10. The van der Waals surface area contributed by atoms with Crippen molar-refractivity contribution in [2.75, 3.05) is 0 Å². The molecule has 0 aromatic heterocycles. The molecule has 3 nitrogen and oxygen atoms in total.